The first kappa shape index (κ1) is 23.7. The Balaban J connectivity index is 1.52. The second kappa shape index (κ2) is 9.69. The largest absolute Gasteiger partial charge is 0.484 e. The van der Waals surface area contributed by atoms with Gasteiger partial charge < -0.3 is 19.8 Å². The van der Waals surface area contributed by atoms with Crippen LogP contribution in [0.5, 0.6) is 5.75 Å². The van der Waals surface area contributed by atoms with Crippen molar-refractivity contribution in [3.05, 3.63) is 77.4 Å². The van der Waals surface area contributed by atoms with Crippen LogP contribution in [-0.4, -0.2) is 28.4 Å². The number of ether oxygens (including phenoxy) is 1. The molecule has 2 aromatic heterocycles. The molecule has 1 aromatic carbocycles. The molecule has 0 aliphatic rings. The fourth-order valence-electron chi connectivity index (χ4n) is 2.35. The molecule has 0 radical (unpaired) electrons. The second-order valence-corrected chi connectivity index (χ2v) is 6.71. The lowest BCUT2D eigenvalue weighted by Gasteiger charge is -2.10. The minimum atomic E-state index is -4.60. The summed E-state index contributed by atoms with van der Waals surface area (Å²) < 4.78 is 61.4. The summed E-state index contributed by atoms with van der Waals surface area (Å²) in [6.45, 7) is 2.95. The number of benzene rings is 1. The molecular weight excluding hydrogens is 472 g/mol. The highest BCUT2D eigenvalue weighted by Crippen LogP contribution is 2.29. The van der Waals surface area contributed by atoms with E-state index in [9.17, 15) is 27.2 Å². The van der Waals surface area contributed by atoms with Gasteiger partial charge in [0.15, 0.2) is 6.61 Å². The van der Waals surface area contributed by atoms with Crippen LogP contribution in [0.3, 0.4) is 0 Å². The molecule has 0 saturated heterocycles. The molecular formula is C20H13ClF4N4O4. The number of halogens is 5. The molecule has 0 fully saturated rings. The molecule has 0 aliphatic carbocycles. The fourth-order valence-corrected chi connectivity index (χ4v) is 2.47. The molecule has 172 valence electrons. The minimum Gasteiger partial charge on any atom is -0.484 e. The van der Waals surface area contributed by atoms with E-state index in [2.05, 4.69) is 27.2 Å². The average Bonchev–Trinajstić information content (AvgIpc) is 3.24. The SMILES string of the molecule is C=C(NC(=O)COc1ccc(Cl)c(F)c1)NC(=O)c1cnc(-c2ccc(C(F)(F)F)nc2)o1. The molecule has 3 aromatic rings. The number of aromatic nitrogens is 2. The second-order valence-electron chi connectivity index (χ2n) is 6.30. The van der Waals surface area contributed by atoms with Crippen LogP contribution in [0, 0.1) is 5.82 Å². The van der Waals surface area contributed by atoms with Gasteiger partial charge in [-0.25, -0.2) is 9.37 Å². The Morgan fingerprint density at radius 2 is 1.88 bits per heavy atom. The van der Waals surface area contributed by atoms with Crippen LogP contribution in [0.15, 0.2) is 59.5 Å². The third-order valence-electron chi connectivity index (χ3n) is 3.85. The zero-order valence-corrected chi connectivity index (χ0v) is 17.1. The summed E-state index contributed by atoms with van der Waals surface area (Å²) in [6.07, 6.45) is -2.65. The van der Waals surface area contributed by atoms with E-state index in [-0.39, 0.29) is 33.8 Å². The highest BCUT2D eigenvalue weighted by Gasteiger charge is 2.32. The van der Waals surface area contributed by atoms with E-state index in [0.717, 1.165) is 30.6 Å². The van der Waals surface area contributed by atoms with Gasteiger partial charge in [-0.2, -0.15) is 13.2 Å². The summed E-state index contributed by atoms with van der Waals surface area (Å²) >= 11 is 5.55. The van der Waals surface area contributed by atoms with Gasteiger partial charge in [-0.3, -0.25) is 14.6 Å². The van der Waals surface area contributed by atoms with Crippen LogP contribution in [0.25, 0.3) is 11.5 Å². The van der Waals surface area contributed by atoms with E-state index in [1.54, 1.807) is 0 Å². The van der Waals surface area contributed by atoms with Crippen molar-refractivity contribution in [1.82, 2.24) is 20.6 Å². The van der Waals surface area contributed by atoms with Gasteiger partial charge in [0.1, 0.15) is 23.1 Å². The molecule has 0 aliphatic heterocycles. The number of alkyl halides is 3. The van der Waals surface area contributed by atoms with Crippen LogP contribution in [0.2, 0.25) is 5.02 Å². The normalized spacial score (nSPS) is 11.1. The van der Waals surface area contributed by atoms with E-state index >= 15 is 0 Å². The van der Waals surface area contributed by atoms with E-state index in [1.165, 1.54) is 12.1 Å². The van der Waals surface area contributed by atoms with Crippen molar-refractivity contribution < 1.29 is 36.3 Å². The molecule has 0 atom stereocenters. The van der Waals surface area contributed by atoms with Crippen LogP contribution in [0.1, 0.15) is 16.2 Å². The van der Waals surface area contributed by atoms with E-state index in [4.69, 9.17) is 20.8 Å². The number of amides is 2. The Morgan fingerprint density at radius 1 is 1.12 bits per heavy atom. The van der Waals surface area contributed by atoms with Crippen molar-refractivity contribution in [3.63, 3.8) is 0 Å². The van der Waals surface area contributed by atoms with Gasteiger partial charge in [-0.05, 0) is 24.3 Å². The zero-order chi connectivity index (χ0) is 24.2. The lowest BCUT2D eigenvalue weighted by atomic mass is 10.2. The molecule has 0 bridgehead atoms. The third-order valence-corrected chi connectivity index (χ3v) is 4.15. The van der Waals surface area contributed by atoms with Crippen LogP contribution in [-0.2, 0) is 11.0 Å². The van der Waals surface area contributed by atoms with Gasteiger partial charge in [0, 0.05) is 12.3 Å². The number of oxazole rings is 1. The highest BCUT2D eigenvalue weighted by atomic mass is 35.5. The quantitative estimate of drug-likeness (QED) is 0.492. The van der Waals surface area contributed by atoms with Gasteiger partial charge in [0.05, 0.1) is 16.8 Å². The predicted molar refractivity (Wildman–Crippen MR) is 106 cm³/mol. The van der Waals surface area contributed by atoms with Crippen LogP contribution in [0.4, 0.5) is 17.6 Å². The van der Waals surface area contributed by atoms with Crippen molar-refractivity contribution in [2.75, 3.05) is 6.61 Å². The monoisotopic (exact) mass is 484 g/mol. The van der Waals surface area contributed by atoms with Crippen molar-refractivity contribution in [2.45, 2.75) is 6.18 Å². The Bertz CT molecular complexity index is 1200. The summed E-state index contributed by atoms with van der Waals surface area (Å²) in [7, 11) is 0. The molecule has 0 saturated carbocycles. The molecule has 13 heteroatoms. The molecule has 2 N–H and O–H groups in total. The highest BCUT2D eigenvalue weighted by molar-refractivity contribution is 6.30. The molecule has 2 heterocycles. The zero-order valence-electron chi connectivity index (χ0n) is 16.4. The summed E-state index contributed by atoms with van der Waals surface area (Å²) in [5.41, 5.74) is -0.974. The molecule has 8 nitrogen and oxygen atoms in total. The maximum atomic E-state index is 13.4. The topological polar surface area (TPSA) is 106 Å². The van der Waals surface area contributed by atoms with Crippen molar-refractivity contribution in [2.24, 2.45) is 0 Å². The Kier molecular flexibility index (Phi) is 6.97. The summed E-state index contributed by atoms with van der Waals surface area (Å²) in [5, 5.41) is 4.38. The molecule has 0 spiro atoms. The lowest BCUT2D eigenvalue weighted by Crippen LogP contribution is -2.36. The smallest absolute Gasteiger partial charge is 0.433 e. The number of rotatable bonds is 7. The van der Waals surface area contributed by atoms with Crippen molar-refractivity contribution >= 4 is 23.4 Å². The number of hydrogen-bond acceptors (Lipinski definition) is 6. The standard InChI is InChI=1S/C20H13ClF4N4O4/c1-10(28-17(30)9-32-12-3-4-13(21)14(22)6-12)29-18(31)15-8-27-19(33-15)11-2-5-16(26-7-11)20(23,24)25/h2-8H,1,9H2,(H,28,30)(H,29,31). The first-order valence-corrected chi connectivity index (χ1v) is 9.28. The molecule has 0 unspecified atom stereocenters. The van der Waals surface area contributed by atoms with Gasteiger partial charge in [-0.15, -0.1) is 0 Å². The fraction of sp³-hybridized carbons (Fsp3) is 0.100. The number of carbonyl (C=O) groups is 2. The maximum absolute atomic E-state index is 13.4. The van der Waals surface area contributed by atoms with Crippen LogP contribution >= 0.6 is 11.6 Å². The first-order valence-electron chi connectivity index (χ1n) is 8.90. The summed E-state index contributed by atoms with van der Waals surface area (Å²) in [4.78, 5) is 31.2. The summed E-state index contributed by atoms with van der Waals surface area (Å²) in [5.74, 6) is -2.85. The first-order chi connectivity index (χ1) is 15.5. The number of pyridine rings is 1. The van der Waals surface area contributed by atoms with E-state index in [1.807, 2.05) is 0 Å². The predicted octanol–water partition coefficient (Wildman–Crippen LogP) is 3.94. The molecule has 3 rings (SSSR count). The number of nitrogens with one attached hydrogen (secondary N) is 2. The molecule has 2 amide bonds. The average molecular weight is 485 g/mol. The number of carbonyl (C=O) groups excluding carboxylic acids is 2. The van der Waals surface area contributed by atoms with Crippen molar-refractivity contribution in [3.8, 4) is 17.2 Å². The Labute approximate surface area is 188 Å². The number of nitrogens with zero attached hydrogens (tertiary/aromatic N) is 2. The van der Waals surface area contributed by atoms with Crippen molar-refractivity contribution in [1.29, 1.82) is 0 Å². The third kappa shape index (κ3) is 6.29. The van der Waals surface area contributed by atoms with Gasteiger partial charge in [-0.1, -0.05) is 18.2 Å². The van der Waals surface area contributed by atoms with Crippen LogP contribution < -0.4 is 15.4 Å². The molecule has 33 heavy (non-hydrogen) atoms. The Hall–Kier alpha value is -3.93. The lowest BCUT2D eigenvalue weighted by molar-refractivity contribution is -0.141. The number of hydrogen-bond donors (Lipinski definition) is 2. The van der Waals surface area contributed by atoms with Gasteiger partial charge in [0.2, 0.25) is 11.7 Å². The van der Waals surface area contributed by atoms with Gasteiger partial charge in [0.25, 0.3) is 11.8 Å². The Morgan fingerprint density at radius 3 is 2.52 bits per heavy atom. The van der Waals surface area contributed by atoms with E-state index < -0.39 is 36.1 Å². The van der Waals surface area contributed by atoms with E-state index in [0.29, 0.717) is 0 Å². The minimum absolute atomic E-state index is 0.0636. The summed E-state index contributed by atoms with van der Waals surface area (Å²) in [6, 6.07) is 5.46. The maximum Gasteiger partial charge on any atom is 0.433 e. The van der Waals surface area contributed by atoms with Gasteiger partial charge >= 0.3 is 6.18 Å².